The third-order valence-corrected chi connectivity index (χ3v) is 6.34. The van der Waals surface area contributed by atoms with Crippen molar-refractivity contribution in [3.63, 3.8) is 0 Å². The first-order valence-electron chi connectivity index (χ1n) is 8.50. The van der Waals surface area contributed by atoms with Crippen LogP contribution in [0.1, 0.15) is 38.5 Å². The molecule has 1 atom stereocenters. The van der Waals surface area contributed by atoms with Gasteiger partial charge in [0.25, 0.3) is 0 Å². The van der Waals surface area contributed by atoms with Gasteiger partial charge in [-0.15, -0.1) is 24.2 Å². The predicted octanol–water partition coefficient (Wildman–Crippen LogP) is 3.63. The SMILES string of the molecule is Cl.O=C(NCC1(Sc2ccccc2)CCCC1)C1CCCNC1. The summed E-state index contributed by atoms with van der Waals surface area (Å²) >= 11 is 1.96. The maximum atomic E-state index is 12.4. The topological polar surface area (TPSA) is 41.1 Å². The van der Waals surface area contributed by atoms with Gasteiger partial charge in [0.1, 0.15) is 0 Å². The fraction of sp³-hybridized carbons (Fsp3) is 0.611. The summed E-state index contributed by atoms with van der Waals surface area (Å²) in [5.74, 6) is 0.404. The smallest absolute Gasteiger partial charge is 0.224 e. The van der Waals surface area contributed by atoms with Crippen molar-refractivity contribution >= 4 is 30.1 Å². The Balaban J connectivity index is 0.00000192. The van der Waals surface area contributed by atoms with E-state index in [0.717, 1.165) is 32.5 Å². The van der Waals surface area contributed by atoms with Crippen LogP contribution in [0.2, 0.25) is 0 Å². The fourth-order valence-electron chi connectivity index (χ4n) is 3.54. The molecule has 2 aliphatic rings. The number of nitrogens with one attached hydrogen (secondary N) is 2. The zero-order chi connectivity index (χ0) is 15.3. The second kappa shape index (κ2) is 8.95. The Bertz CT molecular complexity index is 485. The Morgan fingerprint density at radius 1 is 1.22 bits per heavy atom. The number of hydrogen-bond donors (Lipinski definition) is 2. The summed E-state index contributed by atoms with van der Waals surface area (Å²) in [5, 5.41) is 6.58. The molecule has 0 aromatic heterocycles. The van der Waals surface area contributed by atoms with Crippen molar-refractivity contribution in [1.29, 1.82) is 0 Å². The van der Waals surface area contributed by atoms with Crippen molar-refractivity contribution < 1.29 is 4.79 Å². The molecule has 1 unspecified atom stereocenters. The Labute approximate surface area is 149 Å². The number of rotatable bonds is 5. The number of hydrogen-bond acceptors (Lipinski definition) is 3. The quantitative estimate of drug-likeness (QED) is 0.848. The highest BCUT2D eigenvalue weighted by atomic mass is 35.5. The minimum absolute atomic E-state index is 0. The summed E-state index contributed by atoms with van der Waals surface area (Å²) < 4.78 is 0.194. The van der Waals surface area contributed by atoms with Crippen LogP contribution in [0, 0.1) is 5.92 Å². The average Bonchev–Trinajstić information content (AvgIpc) is 3.03. The van der Waals surface area contributed by atoms with Gasteiger partial charge in [-0.3, -0.25) is 4.79 Å². The van der Waals surface area contributed by atoms with Crippen LogP contribution in [0.4, 0.5) is 0 Å². The summed E-state index contributed by atoms with van der Waals surface area (Å²) in [5.41, 5.74) is 0. The minimum Gasteiger partial charge on any atom is -0.354 e. The van der Waals surface area contributed by atoms with E-state index >= 15 is 0 Å². The van der Waals surface area contributed by atoms with Crippen LogP contribution in [0.5, 0.6) is 0 Å². The molecular weight excluding hydrogens is 328 g/mol. The summed E-state index contributed by atoms with van der Waals surface area (Å²) in [6.07, 6.45) is 7.10. The van der Waals surface area contributed by atoms with Gasteiger partial charge in [0, 0.05) is 22.7 Å². The van der Waals surface area contributed by atoms with E-state index < -0.39 is 0 Å². The van der Waals surface area contributed by atoms with E-state index in [0.29, 0.717) is 0 Å². The highest BCUT2D eigenvalue weighted by Gasteiger charge is 2.36. The van der Waals surface area contributed by atoms with Crippen LogP contribution in [0.25, 0.3) is 0 Å². The van der Waals surface area contributed by atoms with Crippen molar-refractivity contribution in [2.75, 3.05) is 19.6 Å². The normalized spacial score (nSPS) is 23.0. The Morgan fingerprint density at radius 3 is 2.61 bits per heavy atom. The first-order valence-corrected chi connectivity index (χ1v) is 9.32. The van der Waals surface area contributed by atoms with Gasteiger partial charge in [-0.25, -0.2) is 0 Å². The van der Waals surface area contributed by atoms with Crippen LogP contribution in [0.3, 0.4) is 0 Å². The summed E-state index contributed by atoms with van der Waals surface area (Å²) in [7, 11) is 0. The van der Waals surface area contributed by atoms with E-state index in [-0.39, 0.29) is 29.0 Å². The maximum Gasteiger partial charge on any atom is 0.224 e. The summed E-state index contributed by atoms with van der Waals surface area (Å²) in [4.78, 5) is 13.7. The molecule has 0 spiro atoms. The highest BCUT2D eigenvalue weighted by Crippen LogP contribution is 2.44. The molecular formula is C18H27ClN2OS. The van der Waals surface area contributed by atoms with Gasteiger partial charge in [-0.2, -0.15) is 0 Å². The number of amides is 1. The zero-order valence-corrected chi connectivity index (χ0v) is 15.2. The molecule has 2 fully saturated rings. The molecule has 1 heterocycles. The number of carbonyl (C=O) groups is 1. The van der Waals surface area contributed by atoms with Crippen LogP contribution in [-0.2, 0) is 4.79 Å². The third kappa shape index (κ3) is 5.13. The molecule has 5 heteroatoms. The number of thioether (sulfide) groups is 1. The molecule has 3 nitrogen and oxygen atoms in total. The van der Waals surface area contributed by atoms with Crippen molar-refractivity contribution in [2.45, 2.75) is 48.2 Å². The Hall–Kier alpha value is -0.710. The minimum atomic E-state index is 0. The van der Waals surface area contributed by atoms with Gasteiger partial charge in [0.15, 0.2) is 0 Å². The molecule has 1 saturated carbocycles. The number of halogens is 1. The molecule has 1 aromatic rings. The molecule has 128 valence electrons. The fourth-order valence-corrected chi connectivity index (χ4v) is 4.97. The number of carbonyl (C=O) groups excluding carboxylic acids is 1. The Kier molecular flexibility index (Phi) is 7.25. The van der Waals surface area contributed by atoms with Crippen molar-refractivity contribution in [3.05, 3.63) is 30.3 Å². The lowest BCUT2D eigenvalue weighted by Crippen LogP contribution is -2.45. The largest absolute Gasteiger partial charge is 0.354 e. The maximum absolute atomic E-state index is 12.4. The van der Waals surface area contributed by atoms with Crippen molar-refractivity contribution in [2.24, 2.45) is 5.92 Å². The van der Waals surface area contributed by atoms with Crippen LogP contribution in [-0.4, -0.2) is 30.3 Å². The third-order valence-electron chi connectivity index (χ3n) is 4.84. The molecule has 1 amide bonds. The lowest BCUT2D eigenvalue weighted by atomic mass is 9.98. The molecule has 1 saturated heterocycles. The van der Waals surface area contributed by atoms with Crippen molar-refractivity contribution in [1.82, 2.24) is 10.6 Å². The Morgan fingerprint density at radius 2 is 1.96 bits per heavy atom. The van der Waals surface area contributed by atoms with Gasteiger partial charge in [0.05, 0.1) is 5.92 Å². The van der Waals surface area contributed by atoms with Gasteiger partial charge in [0.2, 0.25) is 5.91 Å². The number of piperidine rings is 1. The van der Waals surface area contributed by atoms with Gasteiger partial charge in [-0.05, 0) is 44.4 Å². The predicted molar refractivity (Wildman–Crippen MR) is 99.3 cm³/mol. The molecule has 1 aliphatic carbocycles. The van der Waals surface area contributed by atoms with E-state index in [1.54, 1.807) is 0 Å². The van der Waals surface area contributed by atoms with Gasteiger partial charge >= 0.3 is 0 Å². The molecule has 2 N–H and O–H groups in total. The van der Waals surface area contributed by atoms with Crippen molar-refractivity contribution in [3.8, 4) is 0 Å². The highest BCUT2D eigenvalue weighted by molar-refractivity contribution is 8.00. The second-order valence-electron chi connectivity index (χ2n) is 6.57. The van der Waals surface area contributed by atoms with E-state index in [1.165, 1.54) is 30.6 Å². The first kappa shape index (κ1) is 18.6. The van der Waals surface area contributed by atoms with Crippen LogP contribution < -0.4 is 10.6 Å². The number of benzene rings is 1. The molecule has 1 aromatic carbocycles. The summed E-state index contributed by atoms with van der Waals surface area (Å²) in [6, 6.07) is 10.6. The summed E-state index contributed by atoms with van der Waals surface area (Å²) in [6.45, 7) is 2.70. The first-order chi connectivity index (χ1) is 10.8. The van der Waals surface area contributed by atoms with E-state index in [2.05, 4.69) is 41.0 Å². The van der Waals surface area contributed by atoms with Gasteiger partial charge < -0.3 is 10.6 Å². The molecule has 1 aliphatic heterocycles. The molecule has 0 bridgehead atoms. The zero-order valence-electron chi connectivity index (χ0n) is 13.6. The molecule has 3 rings (SSSR count). The lowest BCUT2D eigenvalue weighted by Gasteiger charge is -2.30. The van der Waals surface area contributed by atoms with Crippen LogP contribution >= 0.6 is 24.2 Å². The molecule has 23 heavy (non-hydrogen) atoms. The lowest BCUT2D eigenvalue weighted by molar-refractivity contribution is -0.125. The van der Waals surface area contributed by atoms with E-state index in [4.69, 9.17) is 0 Å². The monoisotopic (exact) mass is 354 g/mol. The average molecular weight is 355 g/mol. The van der Waals surface area contributed by atoms with Gasteiger partial charge in [-0.1, -0.05) is 31.0 Å². The van der Waals surface area contributed by atoms with E-state index in [9.17, 15) is 4.79 Å². The van der Waals surface area contributed by atoms with E-state index in [1.807, 2.05) is 11.8 Å². The molecule has 0 radical (unpaired) electrons. The second-order valence-corrected chi connectivity index (χ2v) is 8.11. The van der Waals surface area contributed by atoms with Crippen LogP contribution in [0.15, 0.2) is 35.2 Å². The standard InChI is InChI=1S/C18H26N2OS.ClH/c21-17(15-7-6-12-19-13-15)20-14-18(10-4-5-11-18)22-16-8-2-1-3-9-16;/h1-3,8-9,15,19H,4-7,10-14H2,(H,20,21);1H.